The van der Waals surface area contributed by atoms with Gasteiger partial charge >= 0.3 is 0 Å². The summed E-state index contributed by atoms with van der Waals surface area (Å²) < 4.78 is 34.4. The molecule has 4 rings (SSSR count). The first-order chi connectivity index (χ1) is 18.7. The molecule has 8 nitrogen and oxygen atoms in total. The van der Waals surface area contributed by atoms with Crippen molar-refractivity contribution in [1.82, 2.24) is 14.2 Å². The summed E-state index contributed by atoms with van der Waals surface area (Å²) in [6, 6.07) is 21.4. The average Bonchev–Trinajstić information content (AvgIpc) is 3.37. The van der Waals surface area contributed by atoms with Gasteiger partial charge in [-0.2, -0.15) is 4.31 Å². The number of amides is 1. The highest BCUT2D eigenvalue weighted by Gasteiger charge is 2.25. The van der Waals surface area contributed by atoms with Crippen molar-refractivity contribution in [2.45, 2.75) is 24.8 Å². The van der Waals surface area contributed by atoms with Gasteiger partial charge in [0.15, 0.2) is 5.13 Å². The van der Waals surface area contributed by atoms with Gasteiger partial charge in [-0.1, -0.05) is 48.6 Å². The fourth-order valence-corrected chi connectivity index (χ4v) is 6.60. The van der Waals surface area contributed by atoms with Crippen LogP contribution in [-0.2, 0) is 16.6 Å². The Kier molecular flexibility index (Phi) is 11.1. The van der Waals surface area contributed by atoms with Crippen molar-refractivity contribution in [3.8, 4) is 5.75 Å². The summed E-state index contributed by atoms with van der Waals surface area (Å²) in [5.41, 5.74) is 2.08. The number of sulfonamides is 1. The maximum Gasteiger partial charge on any atom is 0.260 e. The molecule has 0 bridgehead atoms. The number of anilines is 1. The summed E-state index contributed by atoms with van der Waals surface area (Å²) in [6.45, 7) is 3.72. The number of nitrogens with zero attached hydrogens (tertiary/aromatic N) is 4. The van der Waals surface area contributed by atoms with Crippen molar-refractivity contribution in [3.05, 3.63) is 83.9 Å². The molecule has 0 saturated carbocycles. The van der Waals surface area contributed by atoms with E-state index in [1.807, 2.05) is 69.6 Å². The Morgan fingerprint density at radius 3 is 2.30 bits per heavy atom. The van der Waals surface area contributed by atoms with E-state index in [4.69, 9.17) is 9.72 Å². The quantitative estimate of drug-likeness (QED) is 0.212. The summed E-state index contributed by atoms with van der Waals surface area (Å²) in [7, 11) is 1.86. The number of carbonyl (C=O) groups is 1. The lowest BCUT2D eigenvalue weighted by molar-refractivity contribution is 0.0986. The molecule has 1 aromatic heterocycles. The third kappa shape index (κ3) is 7.38. The smallest absolute Gasteiger partial charge is 0.260 e. The molecule has 0 unspecified atom stereocenters. The number of thiazole rings is 1. The summed E-state index contributed by atoms with van der Waals surface area (Å²) >= 11 is 1.44. The van der Waals surface area contributed by atoms with Gasteiger partial charge in [0.25, 0.3) is 5.91 Å². The second-order valence-electron chi connectivity index (χ2n) is 9.38. The van der Waals surface area contributed by atoms with Crippen molar-refractivity contribution >= 4 is 55.0 Å². The van der Waals surface area contributed by atoms with E-state index in [2.05, 4.69) is 4.90 Å². The molecule has 40 heavy (non-hydrogen) atoms. The van der Waals surface area contributed by atoms with Crippen molar-refractivity contribution in [2.75, 3.05) is 45.7 Å². The fourth-order valence-electron chi connectivity index (χ4n) is 4.19. The molecule has 1 amide bonds. The van der Waals surface area contributed by atoms with Crippen LogP contribution in [0.5, 0.6) is 5.75 Å². The minimum Gasteiger partial charge on any atom is -0.497 e. The molecule has 0 spiro atoms. The summed E-state index contributed by atoms with van der Waals surface area (Å²) in [5.74, 6) is 0.482. The Balaban J connectivity index is 0.00000441. The number of carbonyl (C=O) groups excluding carboxylic acids is 1. The van der Waals surface area contributed by atoms with E-state index in [9.17, 15) is 13.2 Å². The monoisotopic (exact) mass is 602 g/mol. The first kappa shape index (κ1) is 31.5. The van der Waals surface area contributed by atoms with E-state index >= 15 is 0 Å². The molecular formula is C29H35ClN4O4S2. The zero-order valence-electron chi connectivity index (χ0n) is 23.1. The molecule has 0 saturated heterocycles. The van der Waals surface area contributed by atoms with E-state index in [-0.39, 0.29) is 29.8 Å². The van der Waals surface area contributed by atoms with E-state index in [1.54, 1.807) is 24.1 Å². The summed E-state index contributed by atoms with van der Waals surface area (Å²) in [5, 5.41) is 0.596. The van der Waals surface area contributed by atoms with Crippen LogP contribution in [0.4, 0.5) is 5.13 Å². The highest BCUT2D eigenvalue weighted by Crippen LogP contribution is 2.32. The van der Waals surface area contributed by atoms with Crippen molar-refractivity contribution in [2.24, 2.45) is 0 Å². The Bertz CT molecular complexity index is 1510. The zero-order chi connectivity index (χ0) is 28.0. The normalized spacial score (nSPS) is 11.6. The second kappa shape index (κ2) is 14.0. The lowest BCUT2D eigenvalue weighted by Gasteiger charge is -2.22. The number of rotatable bonds is 12. The lowest BCUT2D eigenvalue weighted by atomic mass is 10.2. The molecule has 0 atom stereocenters. The van der Waals surface area contributed by atoms with Crippen molar-refractivity contribution < 1.29 is 17.9 Å². The molecule has 11 heteroatoms. The highest BCUT2D eigenvalue weighted by molar-refractivity contribution is 7.89. The van der Waals surface area contributed by atoms with Crippen LogP contribution in [0.25, 0.3) is 10.2 Å². The molecule has 0 fully saturated rings. The Hall–Kier alpha value is -3.02. The molecule has 1 heterocycles. The van der Waals surface area contributed by atoms with Crippen molar-refractivity contribution in [1.29, 1.82) is 0 Å². The molecule has 4 aromatic rings. The van der Waals surface area contributed by atoms with Crippen LogP contribution in [0.3, 0.4) is 0 Å². The van der Waals surface area contributed by atoms with Gasteiger partial charge in [0, 0.05) is 31.3 Å². The molecule has 214 valence electrons. The maximum absolute atomic E-state index is 13.7. The van der Waals surface area contributed by atoms with E-state index in [1.165, 1.54) is 27.8 Å². The Morgan fingerprint density at radius 2 is 1.68 bits per heavy atom. The summed E-state index contributed by atoms with van der Waals surface area (Å²) in [6.07, 6.45) is 0.759. The fraction of sp³-hybridized carbons (Fsp3) is 0.310. The predicted molar refractivity (Wildman–Crippen MR) is 164 cm³/mol. The second-order valence-corrected chi connectivity index (χ2v) is 12.3. The van der Waals surface area contributed by atoms with Gasteiger partial charge in [-0.25, -0.2) is 13.4 Å². The number of benzene rings is 3. The first-order valence-electron chi connectivity index (χ1n) is 12.8. The summed E-state index contributed by atoms with van der Waals surface area (Å²) in [4.78, 5) is 22.3. The van der Waals surface area contributed by atoms with Crippen LogP contribution < -0.4 is 9.64 Å². The van der Waals surface area contributed by atoms with Gasteiger partial charge in [0.1, 0.15) is 5.75 Å². The topological polar surface area (TPSA) is 83.1 Å². The number of ether oxygens (including phenoxy) is 1. The Labute approximate surface area is 246 Å². The van der Waals surface area contributed by atoms with Crippen molar-refractivity contribution in [3.63, 3.8) is 0 Å². The molecular weight excluding hydrogens is 568 g/mol. The third-order valence-corrected chi connectivity index (χ3v) is 9.33. The van der Waals surface area contributed by atoms with Gasteiger partial charge in [-0.3, -0.25) is 9.69 Å². The number of fused-ring (bicyclic) bond motifs is 1. The molecule has 3 aromatic carbocycles. The number of methoxy groups -OCH3 is 1. The zero-order valence-corrected chi connectivity index (χ0v) is 25.6. The van der Waals surface area contributed by atoms with Gasteiger partial charge in [-0.15, -0.1) is 12.4 Å². The minimum atomic E-state index is -3.73. The number of hydrogen-bond acceptors (Lipinski definition) is 7. The van der Waals surface area contributed by atoms with Crippen LogP contribution in [0.2, 0.25) is 0 Å². The molecule has 0 aliphatic carbocycles. The van der Waals surface area contributed by atoms with Gasteiger partial charge in [-0.05, 0) is 69.0 Å². The number of hydrogen-bond donors (Lipinski definition) is 0. The predicted octanol–water partition coefficient (Wildman–Crippen LogP) is 5.54. The average molecular weight is 603 g/mol. The van der Waals surface area contributed by atoms with Crippen LogP contribution in [0, 0.1) is 0 Å². The van der Waals surface area contributed by atoms with Gasteiger partial charge in [0.2, 0.25) is 10.0 Å². The van der Waals surface area contributed by atoms with Crippen LogP contribution in [0.15, 0.2) is 77.7 Å². The third-order valence-electron chi connectivity index (χ3n) is 6.34. The number of halogens is 1. The van der Waals surface area contributed by atoms with E-state index in [0.717, 1.165) is 28.7 Å². The van der Waals surface area contributed by atoms with Gasteiger partial charge < -0.3 is 9.64 Å². The molecule has 0 N–H and O–H groups in total. The maximum atomic E-state index is 13.7. The minimum absolute atomic E-state index is 0. The van der Waals surface area contributed by atoms with Gasteiger partial charge in [0.05, 0.1) is 22.2 Å². The van der Waals surface area contributed by atoms with Crippen LogP contribution >= 0.6 is 23.7 Å². The largest absolute Gasteiger partial charge is 0.497 e. The van der Waals surface area contributed by atoms with Crippen LogP contribution in [0.1, 0.15) is 29.3 Å². The lowest BCUT2D eigenvalue weighted by Crippen LogP contribution is -2.33. The van der Waals surface area contributed by atoms with E-state index in [0.29, 0.717) is 29.5 Å². The molecule has 0 aliphatic rings. The highest BCUT2D eigenvalue weighted by atomic mass is 35.5. The number of aromatic nitrogens is 1. The Morgan fingerprint density at radius 1 is 0.975 bits per heavy atom. The molecule has 0 radical (unpaired) electrons. The standard InChI is InChI=1S/C29H34N4O4S2.ClH/c1-5-32(21-22-10-7-6-8-11-22)39(35,36)25-15-12-23(13-16-25)28(34)33(19-9-18-31(2)3)29-30-26-20-24(37-4)14-17-27(26)38-29;/h6-8,10-17,20H,5,9,18-19,21H2,1-4H3;1H. The first-order valence-corrected chi connectivity index (χ1v) is 15.0. The SMILES string of the molecule is CCN(Cc1ccccc1)S(=O)(=O)c1ccc(C(=O)N(CCCN(C)C)c2nc3cc(OC)ccc3s2)cc1.Cl. The van der Waals surface area contributed by atoms with Crippen LogP contribution in [-0.4, -0.2) is 69.4 Å². The molecule has 0 aliphatic heterocycles. The van der Waals surface area contributed by atoms with E-state index < -0.39 is 10.0 Å².